The van der Waals surface area contributed by atoms with Gasteiger partial charge in [0.25, 0.3) is 0 Å². The Morgan fingerprint density at radius 1 is 1.26 bits per heavy atom. The summed E-state index contributed by atoms with van der Waals surface area (Å²) in [4.78, 5) is 11.0. The fourth-order valence-corrected chi connectivity index (χ4v) is 2.81. The van der Waals surface area contributed by atoms with E-state index in [0.29, 0.717) is 6.42 Å². The zero-order valence-corrected chi connectivity index (χ0v) is 12.0. The Kier molecular flexibility index (Phi) is 4.74. The molecular formula is C14H17N3OS. The quantitative estimate of drug-likeness (QED) is 0.760. The van der Waals surface area contributed by atoms with E-state index in [1.165, 1.54) is 0 Å². The maximum Gasteiger partial charge on any atom is 0.191 e. The molecule has 0 amide bonds. The number of aromatic nitrogens is 3. The zero-order valence-electron chi connectivity index (χ0n) is 11.2. The highest BCUT2D eigenvalue weighted by Gasteiger charge is 2.12. The summed E-state index contributed by atoms with van der Waals surface area (Å²) in [5.41, 5.74) is 1.07. The molecule has 4 nitrogen and oxygen atoms in total. The predicted molar refractivity (Wildman–Crippen MR) is 77.2 cm³/mol. The van der Waals surface area contributed by atoms with Crippen molar-refractivity contribution in [2.24, 2.45) is 0 Å². The van der Waals surface area contributed by atoms with Crippen molar-refractivity contribution in [3.05, 3.63) is 30.3 Å². The van der Waals surface area contributed by atoms with Gasteiger partial charge in [0.1, 0.15) is 5.78 Å². The summed E-state index contributed by atoms with van der Waals surface area (Å²) in [5.74, 6) is 1.84. The van der Waals surface area contributed by atoms with Gasteiger partial charge in [0.15, 0.2) is 11.0 Å². The van der Waals surface area contributed by atoms with E-state index in [-0.39, 0.29) is 5.78 Å². The maximum atomic E-state index is 11.0. The van der Waals surface area contributed by atoms with Crippen molar-refractivity contribution in [1.82, 2.24) is 14.8 Å². The van der Waals surface area contributed by atoms with Crippen LogP contribution < -0.4 is 0 Å². The highest BCUT2D eigenvalue weighted by Crippen LogP contribution is 2.24. The molecule has 5 heteroatoms. The van der Waals surface area contributed by atoms with Crippen LogP contribution in [-0.4, -0.2) is 26.3 Å². The van der Waals surface area contributed by atoms with Crippen molar-refractivity contribution in [2.75, 3.05) is 5.75 Å². The van der Waals surface area contributed by atoms with Crippen LogP contribution in [0.3, 0.4) is 0 Å². The van der Waals surface area contributed by atoms with Crippen LogP contribution in [0.4, 0.5) is 0 Å². The van der Waals surface area contributed by atoms with Crippen molar-refractivity contribution in [3.63, 3.8) is 0 Å². The van der Waals surface area contributed by atoms with Crippen LogP contribution in [-0.2, 0) is 11.3 Å². The van der Waals surface area contributed by atoms with Crippen LogP contribution in [0.5, 0.6) is 0 Å². The zero-order chi connectivity index (χ0) is 13.7. The third-order valence-electron chi connectivity index (χ3n) is 2.75. The third-order valence-corrected chi connectivity index (χ3v) is 3.72. The van der Waals surface area contributed by atoms with Crippen LogP contribution >= 0.6 is 11.8 Å². The van der Waals surface area contributed by atoms with E-state index in [2.05, 4.69) is 21.7 Å². The normalized spacial score (nSPS) is 10.6. The average Bonchev–Trinajstić information content (AvgIpc) is 2.82. The molecule has 0 atom stereocenters. The number of nitrogens with zero attached hydrogens (tertiary/aromatic N) is 3. The first-order chi connectivity index (χ1) is 9.22. The molecule has 0 aliphatic heterocycles. The molecule has 0 fully saturated rings. The van der Waals surface area contributed by atoms with Crippen molar-refractivity contribution < 1.29 is 4.79 Å². The number of benzene rings is 1. The highest BCUT2D eigenvalue weighted by atomic mass is 32.2. The van der Waals surface area contributed by atoms with Crippen molar-refractivity contribution in [1.29, 1.82) is 0 Å². The van der Waals surface area contributed by atoms with E-state index in [0.717, 1.165) is 28.8 Å². The smallest absolute Gasteiger partial charge is 0.191 e. The van der Waals surface area contributed by atoms with Crippen LogP contribution in [0.2, 0.25) is 0 Å². The molecule has 0 aliphatic carbocycles. The minimum Gasteiger partial charge on any atom is -0.302 e. The summed E-state index contributed by atoms with van der Waals surface area (Å²) in [7, 11) is 0. The van der Waals surface area contributed by atoms with E-state index in [1.54, 1.807) is 18.7 Å². The molecule has 0 N–H and O–H groups in total. The first kappa shape index (κ1) is 13.8. The first-order valence-corrected chi connectivity index (χ1v) is 7.31. The number of carbonyl (C=O) groups excluding carboxylic acids is 1. The lowest BCUT2D eigenvalue weighted by atomic mass is 10.2. The molecule has 1 aromatic heterocycles. The Bertz CT molecular complexity index is 551. The summed E-state index contributed by atoms with van der Waals surface area (Å²) >= 11 is 1.58. The van der Waals surface area contributed by atoms with Gasteiger partial charge in [-0.3, -0.25) is 4.79 Å². The number of hydrogen-bond donors (Lipinski definition) is 0. The molecule has 0 saturated heterocycles. The summed E-state index contributed by atoms with van der Waals surface area (Å²) in [6.45, 7) is 4.50. The highest BCUT2D eigenvalue weighted by molar-refractivity contribution is 7.99. The minimum atomic E-state index is 0.207. The Morgan fingerprint density at radius 3 is 2.63 bits per heavy atom. The second-order valence-corrected chi connectivity index (χ2v) is 5.28. The van der Waals surface area contributed by atoms with E-state index >= 15 is 0 Å². The molecule has 100 valence electrons. The Labute approximate surface area is 117 Å². The van der Waals surface area contributed by atoms with Crippen LogP contribution in [0, 0.1) is 0 Å². The molecular weight excluding hydrogens is 258 g/mol. The monoisotopic (exact) mass is 275 g/mol. The van der Waals surface area contributed by atoms with Crippen LogP contribution in [0.1, 0.15) is 20.3 Å². The van der Waals surface area contributed by atoms with Gasteiger partial charge < -0.3 is 4.57 Å². The lowest BCUT2D eigenvalue weighted by molar-refractivity contribution is -0.116. The van der Waals surface area contributed by atoms with Crippen LogP contribution in [0.15, 0.2) is 35.5 Å². The lowest BCUT2D eigenvalue weighted by Gasteiger charge is -2.06. The van der Waals surface area contributed by atoms with Crippen molar-refractivity contribution in [3.8, 4) is 11.4 Å². The molecule has 0 aliphatic rings. The van der Waals surface area contributed by atoms with Gasteiger partial charge in [-0.15, -0.1) is 10.2 Å². The molecule has 0 unspecified atom stereocenters. The number of rotatable bonds is 6. The second-order valence-electron chi connectivity index (χ2n) is 4.22. The summed E-state index contributed by atoms with van der Waals surface area (Å²) in [6, 6.07) is 10.0. The van der Waals surface area contributed by atoms with Crippen molar-refractivity contribution >= 4 is 17.5 Å². The van der Waals surface area contributed by atoms with Crippen molar-refractivity contribution in [2.45, 2.75) is 32.0 Å². The molecule has 1 heterocycles. The molecule has 0 bridgehead atoms. The number of ketones is 1. The SMILES string of the molecule is CCn1c(SCCC(C)=O)nnc1-c1ccccc1. The predicted octanol–water partition coefficient (Wildman–Crippen LogP) is 3.04. The molecule has 19 heavy (non-hydrogen) atoms. The fraction of sp³-hybridized carbons (Fsp3) is 0.357. The van der Waals surface area contributed by atoms with Gasteiger partial charge in [0, 0.05) is 24.3 Å². The summed E-state index contributed by atoms with van der Waals surface area (Å²) in [5, 5.41) is 9.36. The second kappa shape index (κ2) is 6.52. The Balaban J connectivity index is 2.18. The molecule has 1 aromatic carbocycles. The lowest BCUT2D eigenvalue weighted by Crippen LogP contribution is -2.00. The van der Waals surface area contributed by atoms with Gasteiger partial charge in [0.05, 0.1) is 0 Å². The van der Waals surface area contributed by atoms with E-state index in [4.69, 9.17) is 0 Å². The van der Waals surface area contributed by atoms with E-state index < -0.39 is 0 Å². The van der Waals surface area contributed by atoms with Gasteiger partial charge >= 0.3 is 0 Å². The van der Waals surface area contributed by atoms with Gasteiger partial charge in [-0.25, -0.2) is 0 Å². The fourth-order valence-electron chi connectivity index (χ4n) is 1.77. The minimum absolute atomic E-state index is 0.207. The van der Waals surface area contributed by atoms with Crippen LogP contribution in [0.25, 0.3) is 11.4 Å². The maximum absolute atomic E-state index is 11.0. The van der Waals surface area contributed by atoms with Gasteiger partial charge in [0.2, 0.25) is 0 Å². The Hall–Kier alpha value is -1.62. The first-order valence-electron chi connectivity index (χ1n) is 6.33. The van der Waals surface area contributed by atoms with Gasteiger partial charge in [-0.1, -0.05) is 42.1 Å². The molecule has 2 rings (SSSR count). The van der Waals surface area contributed by atoms with E-state index in [9.17, 15) is 4.79 Å². The largest absolute Gasteiger partial charge is 0.302 e. The Morgan fingerprint density at radius 2 is 2.00 bits per heavy atom. The van der Waals surface area contributed by atoms with Gasteiger partial charge in [-0.05, 0) is 13.8 Å². The van der Waals surface area contributed by atoms with E-state index in [1.807, 2.05) is 30.3 Å². The number of carbonyl (C=O) groups is 1. The summed E-state index contributed by atoms with van der Waals surface area (Å²) < 4.78 is 2.08. The number of Topliss-reactive ketones (excluding diaryl/α,β-unsaturated/α-hetero) is 1. The standard InChI is InChI=1S/C14H17N3OS/c1-3-17-13(12-7-5-4-6-8-12)15-16-14(17)19-10-9-11(2)18/h4-8H,3,9-10H2,1-2H3. The molecule has 0 spiro atoms. The van der Waals surface area contributed by atoms with Gasteiger partial charge in [-0.2, -0.15) is 0 Å². The molecule has 0 radical (unpaired) electrons. The molecule has 2 aromatic rings. The average molecular weight is 275 g/mol. The molecule has 0 saturated carbocycles. The third kappa shape index (κ3) is 3.44. The topological polar surface area (TPSA) is 47.8 Å². The summed E-state index contributed by atoms with van der Waals surface area (Å²) in [6.07, 6.45) is 0.571. The number of thioether (sulfide) groups is 1. The number of hydrogen-bond acceptors (Lipinski definition) is 4.